The maximum atomic E-state index is 12.6. The molecule has 0 amide bonds. The maximum Gasteiger partial charge on any atom is 0.138 e. The summed E-state index contributed by atoms with van der Waals surface area (Å²) in [6.45, 7) is 0. The molecule has 0 atom stereocenters. The smallest absolute Gasteiger partial charge is 0.138 e. The minimum absolute atomic E-state index is 0.193. The van der Waals surface area contributed by atoms with Gasteiger partial charge >= 0.3 is 0 Å². The predicted molar refractivity (Wildman–Crippen MR) is 93.5 cm³/mol. The van der Waals surface area contributed by atoms with E-state index >= 15 is 0 Å². The van der Waals surface area contributed by atoms with Gasteiger partial charge in [0.2, 0.25) is 0 Å². The molecule has 0 spiro atoms. The summed E-state index contributed by atoms with van der Waals surface area (Å²) in [7, 11) is 0. The van der Waals surface area contributed by atoms with Crippen LogP contribution in [0.2, 0.25) is 0 Å². The second-order valence-electron chi connectivity index (χ2n) is 6.13. The normalized spacial score (nSPS) is 12.7. The highest BCUT2D eigenvalue weighted by molar-refractivity contribution is 5.86. The van der Waals surface area contributed by atoms with Gasteiger partial charge in [-0.25, -0.2) is 0 Å². The zero-order chi connectivity index (χ0) is 15.6. The summed E-state index contributed by atoms with van der Waals surface area (Å²) in [5.74, 6) is 0.492. The zero-order valence-electron chi connectivity index (χ0n) is 12.9. The molecule has 23 heavy (non-hydrogen) atoms. The van der Waals surface area contributed by atoms with E-state index in [2.05, 4.69) is 48.5 Å². The first-order valence-electron chi connectivity index (χ1n) is 8.07. The van der Waals surface area contributed by atoms with E-state index in [9.17, 15) is 4.79 Å². The summed E-state index contributed by atoms with van der Waals surface area (Å²) >= 11 is 0. The van der Waals surface area contributed by atoms with Gasteiger partial charge in [-0.1, -0.05) is 78.9 Å². The summed E-state index contributed by atoms with van der Waals surface area (Å²) in [5, 5.41) is 0. The molecule has 0 unspecified atom stereocenters. The van der Waals surface area contributed by atoms with Crippen molar-refractivity contribution in [1.82, 2.24) is 0 Å². The van der Waals surface area contributed by atoms with Crippen LogP contribution < -0.4 is 0 Å². The van der Waals surface area contributed by atoms with Crippen molar-refractivity contribution in [1.29, 1.82) is 0 Å². The zero-order valence-corrected chi connectivity index (χ0v) is 12.9. The number of carbonyl (C=O) groups is 1. The van der Waals surface area contributed by atoms with Crippen LogP contribution in [0.4, 0.5) is 0 Å². The Bertz CT molecular complexity index is 803. The van der Waals surface area contributed by atoms with Gasteiger partial charge in [0.05, 0.1) is 0 Å². The molecule has 3 aromatic rings. The van der Waals surface area contributed by atoms with Crippen LogP contribution >= 0.6 is 0 Å². The molecule has 3 aromatic carbocycles. The van der Waals surface area contributed by atoms with Crippen molar-refractivity contribution in [2.45, 2.75) is 18.8 Å². The number of carbonyl (C=O) groups excluding carboxylic acids is 1. The van der Waals surface area contributed by atoms with Crippen molar-refractivity contribution >= 4 is 5.78 Å². The number of benzene rings is 3. The Morgan fingerprint density at radius 1 is 0.696 bits per heavy atom. The summed E-state index contributed by atoms with van der Waals surface area (Å²) in [4.78, 5) is 12.6. The Labute approximate surface area is 136 Å². The second kappa shape index (κ2) is 5.85. The molecule has 4 rings (SSSR count). The molecule has 0 N–H and O–H groups in total. The second-order valence-corrected chi connectivity index (χ2v) is 6.13. The van der Waals surface area contributed by atoms with Crippen LogP contribution in [0.25, 0.3) is 11.1 Å². The monoisotopic (exact) mass is 298 g/mol. The largest absolute Gasteiger partial charge is 0.299 e. The van der Waals surface area contributed by atoms with Crippen LogP contribution in [0.5, 0.6) is 0 Å². The molecule has 0 bridgehead atoms. The number of fused-ring (bicyclic) bond motifs is 3. The maximum absolute atomic E-state index is 12.6. The van der Waals surface area contributed by atoms with Gasteiger partial charge < -0.3 is 0 Å². The van der Waals surface area contributed by atoms with Crippen LogP contribution in [0.1, 0.15) is 29.0 Å². The third-order valence-electron chi connectivity index (χ3n) is 4.64. The molecule has 1 aliphatic carbocycles. The first-order valence-corrected chi connectivity index (χ1v) is 8.07. The fourth-order valence-corrected chi connectivity index (χ4v) is 3.60. The van der Waals surface area contributed by atoms with Gasteiger partial charge in [0, 0.05) is 18.8 Å². The van der Waals surface area contributed by atoms with E-state index < -0.39 is 0 Å². The lowest BCUT2D eigenvalue weighted by Crippen LogP contribution is -2.09. The van der Waals surface area contributed by atoms with Crippen LogP contribution in [-0.2, 0) is 11.2 Å². The summed E-state index contributed by atoms with van der Waals surface area (Å²) < 4.78 is 0. The number of hydrogen-bond donors (Lipinski definition) is 0. The number of rotatable bonds is 4. The minimum atomic E-state index is 0.193. The average molecular weight is 298 g/mol. The van der Waals surface area contributed by atoms with E-state index in [-0.39, 0.29) is 5.92 Å². The number of Topliss-reactive ketones (excluding diaryl/α,β-unsaturated/α-hetero) is 1. The van der Waals surface area contributed by atoms with E-state index in [0.717, 1.165) is 5.56 Å². The van der Waals surface area contributed by atoms with Gasteiger partial charge in [-0.3, -0.25) is 4.79 Å². The standard InChI is InChI=1S/C22H18O/c23-17(14-16-8-2-1-3-9-16)15-22-20-12-6-4-10-18(20)19-11-5-7-13-21(19)22/h1-13,22H,14-15H2. The molecule has 0 heterocycles. The summed E-state index contributed by atoms with van der Waals surface area (Å²) in [6, 6.07) is 26.9. The van der Waals surface area contributed by atoms with Gasteiger partial charge in [-0.15, -0.1) is 0 Å². The molecular weight excluding hydrogens is 280 g/mol. The Hall–Kier alpha value is -2.67. The van der Waals surface area contributed by atoms with Crippen LogP contribution in [0.3, 0.4) is 0 Å². The molecule has 0 radical (unpaired) electrons. The minimum Gasteiger partial charge on any atom is -0.299 e. The Morgan fingerprint density at radius 3 is 1.83 bits per heavy atom. The topological polar surface area (TPSA) is 17.1 Å². The highest BCUT2D eigenvalue weighted by atomic mass is 16.1. The van der Waals surface area contributed by atoms with Gasteiger partial charge in [-0.2, -0.15) is 0 Å². The van der Waals surface area contributed by atoms with Gasteiger partial charge in [0.15, 0.2) is 0 Å². The molecule has 1 aliphatic rings. The van der Waals surface area contributed by atoms with Crippen molar-refractivity contribution in [3.63, 3.8) is 0 Å². The summed E-state index contributed by atoms with van der Waals surface area (Å²) in [5.41, 5.74) is 6.23. The fraction of sp³-hybridized carbons (Fsp3) is 0.136. The number of hydrogen-bond acceptors (Lipinski definition) is 1. The van der Waals surface area contributed by atoms with E-state index in [1.165, 1.54) is 22.3 Å². The van der Waals surface area contributed by atoms with Crippen LogP contribution in [-0.4, -0.2) is 5.78 Å². The van der Waals surface area contributed by atoms with Gasteiger partial charge in [-0.05, 0) is 27.8 Å². The Morgan fingerprint density at radius 2 is 1.22 bits per heavy atom. The third kappa shape index (κ3) is 2.59. The molecule has 0 saturated carbocycles. The van der Waals surface area contributed by atoms with E-state index in [1.54, 1.807) is 0 Å². The molecule has 0 fully saturated rings. The van der Waals surface area contributed by atoms with Crippen molar-refractivity contribution in [2.24, 2.45) is 0 Å². The van der Waals surface area contributed by atoms with Gasteiger partial charge in [0.25, 0.3) is 0 Å². The van der Waals surface area contributed by atoms with Crippen molar-refractivity contribution in [2.75, 3.05) is 0 Å². The van der Waals surface area contributed by atoms with Gasteiger partial charge in [0.1, 0.15) is 5.78 Å². The first-order chi connectivity index (χ1) is 11.3. The molecule has 1 heteroatoms. The highest BCUT2D eigenvalue weighted by Crippen LogP contribution is 2.46. The molecule has 0 saturated heterocycles. The van der Waals surface area contributed by atoms with Crippen molar-refractivity contribution < 1.29 is 4.79 Å². The lowest BCUT2D eigenvalue weighted by atomic mass is 9.90. The molecule has 0 aliphatic heterocycles. The fourth-order valence-electron chi connectivity index (χ4n) is 3.60. The quantitative estimate of drug-likeness (QED) is 0.662. The van der Waals surface area contributed by atoms with Crippen LogP contribution in [0.15, 0.2) is 78.9 Å². The lowest BCUT2D eigenvalue weighted by Gasteiger charge is -2.13. The lowest BCUT2D eigenvalue weighted by molar-refractivity contribution is -0.118. The van der Waals surface area contributed by atoms with E-state index in [4.69, 9.17) is 0 Å². The average Bonchev–Trinajstić information content (AvgIpc) is 2.90. The van der Waals surface area contributed by atoms with E-state index in [0.29, 0.717) is 18.6 Å². The third-order valence-corrected chi connectivity index (χ3v) is 4.64. The first kappa shape index (κ1) is 14.0. The SMILES string of the molecule is O=C(Cc1ccccc1)CC1c2ccccc2-c2ccccc21. The molecule has 1 nitrogen and oxygen atoms in total. The Balaban J connectivity index is 1.63. The number of ketones is 1. The molecular formula is C22H18O. The van der Waals surface area contributed by atoms with Crippen molar-refractivity contribution in [3.05, 3.63) is 95.6 Å². The molecule has 0 aromatic heterocycles. The van der Waals surface area contributed by atoms with Crippen molar-refractivity contribution in [3.8, 4) is 11.1 Å². The van der Waals surface area contributed by atoms with Crippen LogP contribution in [0, 0.1) is 0 Å². The Kier molecular flexibility index (Phi) is 3.55. The highest BCUT2D eigenvalue weighted by Gasteiger charge is 2.29. The summed E-state index contributed by atoms with van der Waals surface area (Å²) in [6.07, 6.45) is 1.09. The molecule has 112 valence electrons. The predicted octanol–water partition coefficient (Wildman–Crippen LogP) is 5.00. The van der Waals surface area contributed by atoms with E-state index in [1.807, 2.05) is 30.3 Å².